The highest BCUT2D eigenvalue weighted by Crippen LogP contribution is 2.16. The lowest BCUT2D eigenvalue weighted by Crippen LogP contribution is -2.06. The summed E-state index contributed by atoms with van der Waals surface area (Å²) in [4.78, 5) is 13.1. The summed E-state index contributed by atoms with van der Waals surface area (Å²) in [6.07, 6.45) is 3.18. The largest absolute Gasteiger partial charge is 0.457 e. The molecule has 2 aromatic rings. The second-order valence-corrected chi connectivity index (χ2v) is 8.21. The Kier molecular flexibility index (Phi) is 5.85. The summed E-state index contributed by atoms with van der Waals surface area (Å²) < 4.78 is 27.7. The van der Waals surface area contributed by atoms with E-state index in [-0.39, 0.29) is 12.4 Å². The van der Waals surface area contributed by atoms with Crippen LogP contribution in [0, 0.1) is 0 Å². The molecule has 23 heavy (non-hydrogen) atoms. The van der Waals surface area contributed by atoms with Gasteiger partial charge in [-0.25, -0.2) is 13.2 Å². The summed E-state index contributed by atoms with van der Waals surface area (Å²) in [6, 6.07) is 14.2. The molecule has 0 atom stereocenters. The van der Waals surface area contributed by atoms with E-state index >= 15 is 0 Å². The molecule has 4 nitrogen and oxygen atoms in total. The Morgan fingerprint density at radius 1 is 1.00 bits per heavy atom. The molecule has 0 spiro atoms. The Bertz CT molecular complexity index is 763. The summed E-state index contributed by atoms with van der Waals surface area (Å²) in [6.45, 7) is 0.207. The summed E-state index contributed by atoms with van der Waals surface area (Å²) in [5.74, 6) is -0.464. The maximum atomic E-state index is 12.0. The number of ether oxygens (including phenoxy) is 1. The molecule has 0 unspecified atom stereocenters. The van der Waals surface area contributed by atoms with E-state index in [0.29, 0.717) is 11.1 Å². The van der Waals surface area contributed by atoms with Gasteiger partial charge in [0.25, 0.3) is 0 Å². The number of thioether (sulfide) groups is 1. The Hall–Kier alpha value is -1.79. The van der Waals surface area contributed by atoms with Crippen LogP contribution in [0.25, 0.3) is 0 Å². The molecule has 122 valence electrons. The number of benzene rings is 2. The van der Waals surface area contributed by atoms with Gasteiger partial charge in [0.2, 0.25) is 0 Å². The lowest BCUT2D eigenvalue weighted by Gasteiger charge is -2.06. The van der Waals surface area contributed by atoms with E-state index in [1.165, 1.54) is 6.26 Å². The first-order chi connectivity index (χ1) is 10.9. The topological polar surface area (TPSA) is 60.4 Å². The van der Waals surface area contributed by atoms with Crippen molar-refractivity contribution < 1.29 is 17.9 Å². The van der Waals surface area contributed by atoms with Gasteiger partial charge in [0.1, 0.15) is 6.61 Å². The highest BCUT2D eigenvalue weighted by Gasteiger charge is 2.09. The molecule has 0 bridgehead atoms. The van der Waals surface area contributed by atoms with Crippen molar-refractivity contribution in [3.63, 3.8) is 0 Å². The van der Waals surface area contributed by atoms with Crippen molar-refractivity contribution in [2.45, 2.75) is 17.3 Å². The third-order valence-electron chi connectivity index (χ3n) is 3.15. The lowest BCUT2D eigenvalue weighted by atomic mass is 10.1. The van der Waals surface area contributed by atoms with Crippen LogP contribution in [0.2, 0.25) is 0 Å². The molecule has 0 aliphatic carbocycles. The van der Waals surface area contributed by atoms with Gasteiger partial charge in [-0.05, 0) is 41.6 Å². The Labute approximate surface area is 140 Å². The second-order valence-electron chi connectivity index (χ2n) is 5.19. The van der Waals surface area contributed by atoms with E-state index in [2.05, 4.69) is 0 Å². The van der Waals surface area contributed by atoms with Crippen molar-refractivity contribution in [3.05, 3.63) is 65.2 Å². The average molecular weight is 350 g/mol. The third kappa shape index (κ3) is 5.73. The van der Waals surface area contributed by atoms with Gasteiger partial charge in [0.15, 0.2) is 9.84 Å². The SMILES string of the molecule is CSc1ccc(COC(=O)c2ccc(CS(C)(=O)=O)cc2)cc1. The quantitative estimate of drug-likeness (QED) is 0.591. The monoisotopic (exact) mass is 350 g/mol. The Balaban J connectivity index is 1.94. The molecule has 0 aliphatic heterocycles. The zero-order valence-corrected chi connectivity index (χ0v) is 14.6. The summed E-state index contributed by atoms with van der Waals surface area (Å²) in [5, 5.41) is 0. The molecule has 2 rings (SSSR count). The van der Waals surface area contributed by atoms with Gasteiger partial charge in [0, 0.05) is 11.2 Å². The number of hydrogen-bond donors (Lipinski definition) is 0. The highest BCUT2D eigenvalue weighted by atomic mass is 32.2. The fourth-order valence-corrected chi connectivity index (χ4v) is 3.20. The number of hydrogen-bond acceptors (Lipinski definition) is 5. The maximum Gasteiger partial charge on any atom is 0.338 e. The second kappa shape index (κ2) is 7.66. The molecule has 0 aromatic heterocycles. The van der Waals surface area contributed by atoms with E-state index in [1.54, 1.807) is 36.0 Å². The van der Waals surface area contributed by atoms with Crippen molar-refractivity contribution in [3.8, 4) is 0 Å². The van der Waals surface area contributed by atoms with E-state index < -0.39 is 15.8 Å². The predicted octanol–water partition coefficient (Wildman–Crippen LogP) is 3.31. The molecule has 2 aromatic carbocycles. The van der Waals surface area contributed by atoms with Crippen LogP contribution in [-0.2, 0) is 26.9 Å². The maximum absolute atomic E-state index is 12.0. The van der Waals surface area contributed by atoms with E-state index in [9.17, 15) is 13.2 Å². The van der Waals surface area contributed by atoms with E-state index in [1.807, 2.05) is 30.5 Å². The van der Waals surface area contributed by atoms with Crippen LogP contribution in [0.15, 0.2) is 53.4 Å². The zero-order valence-electron chi connectivity index (χ0n) is 13.0. The molecular formula is C17H18O4S2. The molecule has 0 fully saturated rings. The molecular weight excluding hydrogens is 332 g/mol. The molecule has 0 radical (unpaired) electrons. The Morgan fingerprint density at radius 3 is 2.09 bits per heavy atom. The fourth-order valence-electron chi connectivity index (χ4n) is 1.99. The van der Waals surface area contributed by atoms with Gasteiger partial charge in [-0.15, -0.1) is 11.8 Å². The summed E-state index contributed by atoms with van der Waals surface area (Å²) >= 11 is 1.65. The van der Waals surface area contributed by atoms with Crippen molar-refractivity contribution in [2.75, 3.05) is 12.5 Å². The van der Waals surface area contributed by atoms with Crippen LogP contribution < -0.4 is 0 Å². The standard InChI is InChI=1S/C17H18O4S2/c1-22-16-9-5-13(6-10-16)11-21-17(18)15-7-3-14(4-8-15)12-23(2,19)20/h3-10H,11-12H2,1-2H3. The molecule has 0 heterocycles. The van der Waals surface area contributed by atoms with Crippen LogP contribution >= 0.6 is 11.8 Å². The number of rotatable bonds is 6. The van der Waals surface area contributed by atoms with Crippen LogP contribution in [0.5, 0.6) is 0 Å². The van der Waals surface area contributed by atoms with Crippen molar-refractivity contribution in [1.29, 1.82) is 0 Å². The summed E-state index contributed by atoms with van der Waals surface area (Å²) in [7, 11) is -3.08. The highest BCUT2D eigenvalue weighted by molar-refractivity contribution is 7.98. The smallest absolute Gasteiger partial charge is 0.338 e. The van der Waals surface area contributed by atoms with Crippen LogP contribution in [-0.4, -0.2) is 26.9 Å². The summed E-state index contributed by atoms with van der Waals surface area (Å²) in [5.41, 5.74) is 1.98. The van der Waals surface area contributed by atoms with Crippen LogP contribution in [0.3, 0.4) is 0 Å². The van der Waals surface area contributed by atoms with Gasteiger partial charge in [-0.3, -0.25) is 0 Å². The fraction of sp³-hybridized carbons (Fsp3) is 0.235. The first-order valence-electron chi connectivity index (χ1n) is 6.94. The minimum Gasteiger partial charge on any atom is -0.457 e. The van der Waals surface area contributed by atoms with Gasteiger partial charge >= 0.3 is 5.97 Å². The van der Waals surface area contributed by atoms with Crippen LogP contribution in [0.4, 0.5) is 0 Å². The minimum atomic E-state index is -3.08. The first-order valence-corrected chi connectivity index (χ1v) is 10.2. The normalized spacial score (nSPS) is 11.2. The van der Waals surface area contributed by atoms with E-state index in [4.69, 9.17) is 4.74 Å². The van der Waals surface area contributed by atoms with Gasteiger partial charge in [0.05, 0.1) is 11.3 Å². The van der Waals surface area contributed by atoms with E-state index in [0.717, 1.165) is 10.5 Å². The third-order valence-corrected chi connectivity index (χ3v) is 4.75. The zero-order chi connectivity index (χ0) is 16.9. The number of esters is 1. The van der Waals surface area contributed by atoms with Crippen molar-refractivity contribution in [2.24, 2.45) is 0 Å². The number of carbonyl (C=O) groups is 1. The van der Waals surface area contributed by atoms with Gasteiger partial charge in [-0.1, -0.05) is 24.3 Å². The Morgan fingerprint density at radius 2 is 1.57 bits per heavy atom. The lowest BCUT2D eigenvalue weighted by molar-refractivity contribution is 0.0472. The predicted molar refractivity (Wildman–Crippen MR) is 92.3 cm³/mol. The molecule has 6 heteroatoms. The molecule has 0 amide bonds. The minimum absolute atomic E-state index is 0.0376. The van der Waals surface area contributed by atoms with Crippen molar-refractivity contribution >= 4 is 27.6 Å². The number of sulfone groups is 1. The average Bonchev–Trinajstić information content (AvgIpc) is 2.52. The molecule has 0 aliphatic rings. The van der Waals surface area contributed by atoms with Gasteiger partial charge in [-0.2, -0.15) is 0 Å². The molecule has 0 N–H and O–H groups in total. The van der Waals surface area contributed by atoms with Crippen molar-refractivity contribution in [1.82, 2.24) is 0 Å². The number of carbonyl (C=O) groups excluding carboxylic acids is 1. The molecule has 0 saturated carbocycles. The van der Waals surface area contributed by atoms with Crippen LogP contribution in [0.1, 0.15) is 21.5 Å². The first kappa shape index (κ1) is 17.6. The van der Waals surface area contributed by atoms with Gasteiger partial charge < -0.3 is 4.74 Å². The molecule has 0 saturated heterocycles.